The summed E-state index contributed by atoms with van der Waals surface area (Å²) in [6.45, 7) is 4.23. The minimum atomic E-state index is -0.863. The third kappa shape index (κ3) is 8.76. The van der Waals surface area contributed by atoms with Gasteiger partial charge in [-0.2, -0.15) is 0 Å². The lowest BCUT2D eigenvalue weighted by molar-refractivity contribution is 0.0685. The second-order valence-electron chi connectivity index (χ2n) is 7.49. The first-order chi connectivity index (χ1) is 14.3. The van der Waals surface area contributed by atoms with Crippen molar-refractivity contribution in [2.24, 2.45) is 11.8 Å². The maximum atomic E-state index is 10.4. The highest BCUT2D eigenvalue weighted by Crippen LogP contribution is 2.27. The molecule has 1 fully saturated rings. The zero-order valence-electron chi connectivity index (χ0n) is 17.6. The number of carboxylic acids is 2. The zero-order valence-corrected chi connectivity index (χ0v) is 17.6. The molecule has 0 atom stereocenters. The standard InChI is InChI=1S/2C8H8O2.C8H16O2/c2*1-6-4-2-3-5-7(6)8(9)10;9-5-7-1-2-8(6-10)4-3-7/h2*2-5H,1H3,(H,9,10);7-10H,1-6H2. The molecule has 0 spiro atoms. The zero-order chi connectivity index (χ0) is 22.5. The first-order valence-corrected chi connectivity index (χ1v) is 10.1. The third-order valence-electron chi connectivity index (χ3n) is 5.23. The highest BCUT2D eigenvalue weighted by Gasteiger charge is 2.19. The number of carbonyl (C=O) groups is 2. The van der Waals surface area contributed by atoms with E-state index in [9.17, 15) is 9.59 Å². The molecule has 0 unspecified atom stereocenters. The van der Waals surface area contributed by atoms with Crippen LogP contribution >= 0.6 is 0 Å². The second-order valence-corrected chi connectivity index (χ2v) is 7.49. The first-order valence-electron chi connectivity index (χ1n) is 10.1. The summed E-state index contributed by atoms with van der Waals surface area (Å²) in [7, 11) is 0. The van der Waals surface area contributed by atoms with Crippen molar-refractivity contribution < 1.29 is 30.0 Å². The fourth-order valence-corrected chi connectivity index (χ4v) is 3.22. The highest BCUT2D eigenvalue weighted by atomic mass is 16.4. The predicted octanol–water partition coefficient (Wildman–Crippen LogP) is 4.16. The Balaban J connectivity index is 0.000000225. The molecule has 4 N–H and O–H groups in total. The van der Waals surface area contributed by atoms with Gasteiger partial charge < -0.3 is 20.4 Å². The van der Waals surface area contributed by atoms with E-state index in [-0.39, 0.29) is 0 Å². The van der Waals surface area contributed by atoms with Gasteiger partial charge in [-0.05, 0) is 74.6 Å². The molecule has 0 aliphatic heterocycles. The average molecular weight is 417 g/mol. The Kier molecular flexibility index (Phi) is 11.4. The van der Waals surface area contributed by atoms with Gasteiger partial charge in [-0.15, -0.1) is 0 Å². The van der Waals surface area contributed by atoms with Crippen molar-refractivity contribution >= 4 is 11.9 Å². The molecule has 0 amide bonds. The number of aryl methyl sites for hydroxylation is 2. The lowest BCUT2D eigenvalue weighted by Gasteiger charge is -2.25. The van der Waals surface area contributed by atoms with Crippen LogP contribution in [0.25, 0.3) is 0 Å². The van der Waals surface area contributed by atoms with Gasteiger partial charge in [0, 0.05) is 13.2 Å². The van der Waals surface area contributed by atoms with Gasteiger partial charge in [-0.1, -0.05) is 36.4 Å². The molecule has 3 rings (SSSR count). The highest BCUT2D eigenvalue weighted by molar-refractivity contribution is 5.89. The van der Waals surface area contributed by atoms with Gasteiger partial charge >= 0.3 is 11.9 Å². The summed E-state index contributed by atoms with van der Waals surface area (Å²) in [5.74, 6) is -0.693. The van der Waals surface area contributed by atoms with E-state index >= 15 is 0 Å². The molecule has 0 saturated heterocycles. The largest absolute Gasteiger partial charge is 0.478 e. The third-order valence-corrected chi connectivity index (χ3v) is 5.23. The van der Waals surface area contributed by atoms with Crippen LogP contribution in [0.3, 0.4) is 0 Å². The van der Waals surface area contributed by atoms with Crippen LogP contribution in [0.5, 0.6) is 0 Å². The Bertz CT molecular complexity index is 726. The summed E-state index contributed by atoms with van der Waals surface area (Å²) in [5.41, 5.74) is 2.36. The van der Waals surface area contributed by atoms with Crippen molar-refractivity contribution in [3.8, 4) is 0 Å². The Morgan fingerprint density at radius 3 is 1.20 bits per heavy atom. The van der Waals surface area contributed by atoms with Crippen LogP contribution in [-0.4, -0.2) is 45.6 Å². The second kappa shape index (κ2) is 13.5. The predicted molar refractivity (Wildman–Crippen MR) is 116 cm³/mol. The van der Waals surface area contributed by atoms with Crippen molar-refractivity contribution in [3.63, 3.8) is 0 Å². The maximum Gasteiger partial charge on any atom is 0.335 e. The monoisotopic (exact) mass is 416 g/mol. The van der Waals surface area contributed by atoms with E-state index in [0.29, 0.717) is 36.2 Å². The molecule has 164 valence electrons. The summed E-state index contributed by atoms with van der Waals surface area (Å²) in [5, 5.41) is 34.7. The average Bonchev–Trinajstić information content (AvgIpc) is 2.75. The number of aliphatic hydroxyl groups excluding tert-OH is 2. The van der Waals surface area contributed by atoms with Crippen molar-refractivity contribution in [1.29, 1.82) is 0 Å². The van der Waals surface area contributed by atoms with Crippen molar-refractivity contribution in [1.82, 2.24) is 0 Å². The molecule has 6 nitrogen and oxygen atoms in total. The molecule has 30 heavy (non-hydrogen) atoms. The number of rotatable bonds is 4. The molecule has 1 aliphatic carbocycles. The fraction of sp³-hybridized carbons (Fsp3) is 0.417. The SMILES string of the molecule is Cc1ccccc1C(=O)O.Cc1ccccc1C(=O)O.OCC1CCC(CO)CC1. The normalized spacial score (nSPS) is 17.6. The molecule has 0 aromatic heterocycles. The Hall–Kier alpha value is -2.70. The van der Waals surface area contributed by atoms with Gasteiger partial charge in [0.1, 0.15) is 0 Å². The van der Waals surface area contributed by atoms with E-state index in [0.717, 1.165) is 36.8 Å². The minimum absolute atomic E-state index is 0.331. The van der Waals surface area contributed by atoms with Gasteiger partial charge in [0.25, 0.3) is 0 Å². The molecule has 2 aromatic rings. The molecule has 1 aliphatic rings. The van der Waals surface area contributed by atoms with Crippen LogP contribution in [0, 0.1) is 25.7 Å². The number of hydrogen-bond acceptors (Lipinski definition) is 4. The summed E-state index contributed by atoms with van der Waals surface area (Å²) >= 11 is 0. The lowest BCUT2D eigenvalue weighted by atomic mass is 9.83. The van der Waals surface area contributed by atoms with Crippen LogP contribution < -0.4 is 0 Å². The summed E-state index contributed by atoms with van der Waals surface area (Å²) in [4.78, 5) is 20.8. The Morgan fingerprint density at radius 2 is 1.00 bits per heavy atom. The van der Waals surface area contributed by atoms with Crippen LogP contribution in [-0.2, 0) is 0 Å². The maximum absolute atomic E-state index is 10.4. The molecule has 6 heteroatoms. The van der Waals surface area contributed by atoms with Crippen LogP contribution in [0.1, 0.15) is 57.5 Å². The van der Waals surface area contributed by atoms with Crippen LogP contribution in [0.15, 0.2) is 48.5 Å². The molecule has 0 bridgehead atoms. The number of aromatic carboxylic acids is 2. The summed E-state index contributed by atoms with van der Waals surface area (Å²) in [6, 6.07) is 13.8. The Labute approximate surface area is 177 Å². The summed E-state index contributed by atoms with van der Waals surface area (Å²) in [6.07, 6.45) is 4.40. The topological polar surface area (TPSA) is 115 Å². The fourth-order valence-electron chi connectivity index (χ4n) is 3.22. The number of benzene rings is 2. The smallest absolute Gasteiger partial charge is 0.335 e. The molecule has 2 aromatic carbocycles. The van der Waals surface area contributed by atoms with Crippen LogP contribution in [0.4, 0.5) is 0 Å². The van der Waals surface area contributed by atoms with E-state index in [1.54, 1.807) is 50.2 Å². The first kappa shape index (κ1) is 25.3. The van der Waals surface area contributed by atoms with Gasteiger partial charge in [-0.25, -0.2) is 9.59 Å². The summed E-state index contributed by atoms with van der Waals surface area (Å²) < 4.78 is 0. The molecular formula is C24H32O6. The molecule has 0 heterocycles. The lowest BCUT2D eigenvalue weighted by Crippen LogP contribution is -2.19. The molecular weight excluding hydrogens is 384 g/mol. The van der Waals surface area contributed by atoms with Crippen LogP contribution in [0.2, 0.25) is 0 Å². The number of aliphatic hydroxyl groups is 2. The van der Waals surface area contributed by atoms with Gasteiger partial charge in [-0.3, -0.25) is 0 Å². The van der Waals surface area contributed by atoms with E-state index in [1.165, 1.54) is 0 Å². The number of hydrogen-bond donors (Lipinski definition) is 4. The van der Waals surface area contributed by atoms with Crippen molar-refractivity contribution in [3.05, 3.63) is 70.8 Å². The van der Waals surface area contributed by atoms with Gasteiger partial charge in [0.15, 0.2) is 0 Å². The van der Waals surface area contributed by atoms with Crippen molar-refractivity contribution in [2.75, 3.05) is 13.2 Å². The van der Waals surface area contributed by atoms with E-state index < -0.39 is 11.9 Å². The van der Waals surface area contributed by atoms with Gasteiger partial charge in [0.05, 0.1) is 11.1 Å². The van der Waals surface area contributed by atoms with Crippen molar-refractivity contribution in [2.45, 2.75) is 39.5 Å². The molecule has 1 saturated carbocycles. The van der Waals surface area contributed by atoms with E-state index in [1.807, 2.05) is 12.1 Å². The minimum Gasteiger partial charge on any atom is -0.478 e. The van der Waals surface area contributed by atoms with E-state index in [4.69, 9.17) is 20.4 Å². The van der Waals surface area contributed by atoms with Gasteiger partial charge in [0.2, 0.25) is 0 Å². The Morgan fingerprint density at radius 1 is 0.700 bits per heavy atom. The molecule has 0 radical (unpaired) electrons. The quantitative estimate of drug-likeness (QED) is 0.595. The number of carboxylic acid groups (broad SMARTS) is 2. The van der Waals surface area contributed by atoms with E-state index in [2.05, 4.69) is 0 Å².